The first-order valence-corrected chi connectivity index (χ1v) is 10.2. The van der Waals surface area contributed by atoms with Gasteiger partial charge in [-0.2, -0.15) is 4.72 Å². The number of sulfonamides is 1. The second kappa shape index (κ2) is 8.54. The van der Waals surface area contributed by atoms with Crippen LogP contribution in [0.2, 0.25) is 0 Å². The molecule has 0 aliphatic rings. The summed E-state index contributed by atoms with van der Waals surface area (Å²) in [5.74, 6) is 0.371. The number of hydrogen-bond donors (Lipinski definition) is 2. The number of carbonyl (C=O) groups is 1. The summed E-state index contributed by atoms with van der Waals surface area (Å²) in [6.07, 6.45) is 0. The number of benzene rings is 2. The highest BCUT2D eigenvalue weighted by Gasteiger charge is 2.23. The monoisotopic (exact) mass is 390 g/mol. The Hall–Kier alpha value is -2.38. The number of ether oxygens (including phenoxy) is 1. The van der Waals surface area contributed by atoms with Crippen molar-refractivity contribution in [3.63, 3.8) is 0 Å². The number of anilines is 1. The number of methoxy groups -OCH3 is 1. The highest BCUT2D eigenvalue weighted by Crippen LogP contribution is 2.27. The average molecular weight is 391 g/mol. The Morgan fingerprint density at radius 1 is 1.04 bits per heavy atom. The van der Waals surface area contributed by atoms with Crippen LogP contribution in [0.1, 0.15) is 37.8 Å². The van der Waals surface area contributed by atoms with Crippen molar-refractivity contribution >= 4 is 21.6 Å². The molecule has 0 spiro atoms. The Kier molecular flexibility index (Phi) is 6.62. The van der Waals surface area contributed by atoms with E-state index >= 15 is 0 Å². The average Bonchev–Trinajstić information content (AvgIpc) is 2.62. The minimum atomic E-state index is -3.82. The summed E-state index contributed by atoms with van der Waals surface area (Å²) in [5, 5.41) is 2.87. The van der Waals surface area contributed by atoms with Crippen molar-refractivity contribution in [3.8, 4) is 5.75 Å². The maximum Gasteiger partial charge on any atom is 0.242 e. The van der Waals surface area contributed by atoms with E-state index in [0.717, 1.165) is 16.8 Å². The van der Waals surface area contributed by atoms with Crippen LogP contribution in [0.5, 0.6) is 5.75 Å². The predicted molar refractivity (Wildman–Crippen MR) is 107 cm³/mol. The second-order valence-electron chi connectivity index (χ2n) is 6.70. The van der Waals surface area contributed by atoms with Gasteiger partial charge < -0.3 is 10.1 Å². The lowest BCUT2D eigenvalue weighted by Gasteiger charge is -2.19. The lowest BCUT2D eigenvalue weighted by atomic mass is 9.98. The van der Waals surface area contributed by atoms with Crippen LogP contribution in [0.3, 0.4) is 0 Å². The Labute approximate surface area is 161 Å². The van der Waals surface area contributed by atoms with Gasteiger partial charge in [0.25, 0.3) is 0 Å². The smallest absolute Gasteiger partial charge is 0.242 e. The minimum absolute atomic E-state index is 0.0710. The molecule has 0 heterocycles. The molecule has 0 bridgehead atoms. The van der Waals surface area contributed by atoms with E-state index in [4.69, 9.17) is 4.74 Å². The highest BCUT2D eigenvalue weighted by atomic mass is 32.2. The highest BCUT2D eigenvalue weighted by molar-refractivity contribution is 7.89. The van der Waals surface area contributed by atoms with E-state index in [2.05, 4.69) is 10.0 Å². The zero-order valence-electron chi connectivity index (χ0n) is 16.2. The molecular formula is C20H26N2O4S. The zero-order chi connectivity index (χ0) is 20.2. The third-order valence-electron chi connectivity index (χ3n) is 4.27. The number of rotatable bonds is 7. The van der Waals surface area contributed by atoms with E-state index in [9.17, 15) is 13.2 Å². The molecule has 27 heavy (non-hydrogen) atoms. The number of para-hydroxylation sites is 1. The van der Waals surface area contributed by atoms with Crippen LogP contribution < -0.4 is 14.8 Å². The zero-order valence-corrected chi connectivity index (χ0v) is 17.1. The maximum atomic E-state index is 12.6. The van der Waals surface area contributed by atoms with E-state index in [-0.39, 0.29) is 10.8 Å². The minimum Gasteiger partial charge on any atom is -0.497 e. The molecular weight excluding hydrogens is 364 g/mol. The first-order chi connectivity index (χ1) is 12.7. The fourth-order valence-electron chi connectivity index (χ4n) is 2.68. The molecule has 1 amide bonds. The third kappa shape index (κ3) is 5.08. The fraction of sp³-hybridized carbons (Fsp3) is 0.350. The summed E-state index contributed by atoms with van der Waals surface area (Å²) in [7, 11) is -2.32. The first-order valence-electron chi connectivity index (χ1n) is 8.72. The van der Waals surface area contributed by atoms with Crippen molar-refractivity contribution in [2.75, 3.05) is 12.4 Å². The van der Waals surface area contributed by atoms with Crippen molar-refractivity contribution in [2.24, 2.45) is 0 Å². The quantitative estimate of drug-likeness (QED) is 0.758. The molecule has 2 rings (SSSR count). The Morgan fingerprint density at radius 3 is 2.22 bits per heavy atom. The van der Waals surface area contributed by atoms with Crippen LogP contribution in [-0.4, -0.2) is 27.5 Å². The number of nitrogens with one attached hydrogen (secondary N) is 2. The van der Waals surface area contributed by atoms with Gasteiger partial charge >= 0.3 is 0 Å². The van der Waals surface area contributed by atoms with Gasteiger partial charge in [0.2, 0.25) is 15.9 Å². The van der Waals surface area contributed by atoms with Gasteiger partial charge in [-0.3, -0.25) is 4.79 Å². The molecule has 0 aliphatic carbocycles. The fourth-order valence-corrected chi connectivity index (χ4v) is 3.89. The maximum absolute atomic E-state index is 12.6. The molecule has 2 aromatic carbocycles. The van der Waals surface area contributed by atoms with Crippen molar-refractivity contribution in [1.29, 1.82) is 0 Å². The topological polar surface area (TPSA) is 84.5 Å². The van der Waals surface area contributed by atoms with Gasteiger partial charge in [-0.15, -0.1) is 0 Å². The van der Waals surface area contributed by atoms with Crippen molar-refractivity contribution in [1.82, 2.24) is 4.72 Å². The summed E-state index contributed by atoms with van der Waals surface area (Å²) >= 11 is 0. The van der Waals surface area contributed by atoms with Crippen LogP contribution in [0.4, 0.5) is 5.69 Å². The van der Waals surface area contributed by atoms with Gasteiger partial charge in [-0.05, 0) is 55.2 Å². The summed E-state index contributed by atoms with van der Waals surface area (Å²) in [5.41, 5.74) is 2.67. The van der Waals surface area contributed by atoms with Gasteiger partial charge in [0, 0.05) is 5.69 Å². The third-order valence-corrected chi connectivity index (χ3v) is 5.83. The van der Waals surface area contributed by atoms with Crippen molar-refractivity contribution in [3.05, 3.63) is 53.6 Å². The predicted octanol–water partition coefficient (Wildman–Crippen LogP) is 3.43. The lowest BCUT2D eigenvalue weighted by Crippen LogP contribution is -2.41. The molecule has 2 aromatic rings. The molecule has 0 radical (unpaired) electrons. The first kappa shape index (κ1) is 20.9. The van der Waals surface area contributed by atoms with E-state index in [0.29, 0.717) is 5.75 Å². The molecule has 7 heteroatoms. The van der Waals surface area contributed by atoms with Crippen molar-refractivity contribution in [2.45, 2.75) is 44.6 Å². The Balaban J connectivity index is 2.16. The molecule has 0 aliphatic heterocycles. The van der Waals surface area contributed by atoms with E-state index < -0.39 is 22.0 Å². The van der Waals surface area contributed by atoms with Crippen LogP contribution in [-0.2, 0) is 14.8 Å². The molecule has 6 nitrogen and oxygen atoms in total. The standard InChI is InChI=1S/C20H26N2O4S/c1-13(2)18-8-6-7-14(3)19(18)21-20(23)15(4)22-27(24,25)17-11-9-16(26-5)10-12-17/h6-13,15,22H,1-5H3,(H,21,23). The second-order valence-corrected chi connectivity index (χ2v) is 8.42. The van der Waals surface area contributed by atoms with Gasteiger partial charge in [0.15, 0.2) is 0 Å². The van der Waals surface area contributed by atoms with Crippen LogP contribution in [0.25, 0.3) is 0 Å². The largest absolute Gasteiger partial charge is 0.497 e. The summed E-state index contributed by atoms with van der Waals surface area (Å²) in [6.45, 7) is 7.51. The van der Waals surface area contributed by atoms with Gasteiger partial charge in [-0.25, -0.2) is 8.42 Å². The van der Waals surface area contributed by atoms with Crippen LogP contribution in [0, 0.1) is 6.92 Å². The molecule has 0 saturated carbocycles. The lowest BCUT2D eigenvalue weighted by molar-refractivity contribution is -0.117. The SMILES string of the molecule is COc1ccc(S(=O)(=O)NC(C)C(=O)Nc2c(C)cccc2C(C)C)cc1. The van der Waals surface area contributed by atoms with Crippen LogP contribution in [0.15, 0.2) is 47.4 Å². The number of carbonyl (C=O) groups excluding carboxylic acids is 1. The molecule has 0 saturated heterocycles. The molecule has 146 valence electrons. The molecule has 1 unspecified atom stereocenters. The number of amides is 1. The van der Waals surface area contributed by atoms with Gasteiger partial charge in [0.05, 0.1) is 18.0 Å². The molecule has 0 fully saturated rings. The summed E-state index contributed by atoms with van der Waals surface area (Å²) in [4.78, 5) is 12.7. The van der Waals surface area contributed by atoms with Crippen molar-refractivity contribution < 1.29 is 17.9 Å². The number of hydrogen-bond acceptors (Lipinski definition) is 4. The molecule has 2 N–H and O–H groups in total. The van der Waals surface area contributed by atoms with Crippen LogP contribution >= 0.6 is 0 Å². The normalized spacial score (nSPS) is 12.7. The molecule has 1 atom stereocenters. The number of aryl methyl sites for hydroxylation is 1. The Bertz CT molecular complexity index is 906. The summed E-state index contributed by atoms with van der Waals surface area (Å²) in [6, 6.07) is 10.9. The Morgan fingerprint density at radius 2 is 1.67 bits per heavy atom. The van der Waals surface area contributed by atoms with E-state index in [1.165, 1.54) is 26.2 Å². The van der Waals surface area contributed by atoms with Gasteiger partial charge in [-0.1, -0.05) is 32.0 Å². The van der Waals surface area contributed by atoms with E-state index in [1.807, 2.05) is 39.0 Å². The molecule has 0 aromatic heterocycles. The van der Waals surface area contributed by atoms with Gasteiger partial charge in [0.1, 0.15) is 5.75 Å². The van der Waals surface area contributed by atoms with E-state index in [1.54, 1.807) is 12.1 Å². The summed E-state index contributed by atoms with van der Waals surface area (Å²) < 4.78 is 32.5.